The van der Waals surface area contributed by atoms with E-state index in [9.17, 15) is 4.79 Å². The molecular formula is C16H23N3OS. The van der Waals surface area contributed by atoms with Crippen LogP contribution in [0.25, 0.3) is 0 Å². The van der Waals surface area contributed by atoms with Gasteiger partial charge in [0.05, 0.1) is 6.04 Å². The van der Waals surface area contributed by atoms with Gasteiger partial charge in [0.2, 0.25) is 0 Å². The Morgan fingerprint density at radius 3 is 2.76 bits per heavy atom. The lowest BCUT2D eigenvalue weighted by atomic mass is 10.1. The van der Waals surface area contributed by atoms with Crippen molar-refractivity contribution in [3.63, 3.8) is 0 Å². The average molecular weight is 305 g/mol. The van der Waals surface area contributed by atoms with Crippen LogP contribution in [0.2, 0.25) is 0 Å². The molecule has 1 unspecified atom stereocenters. The van der Waals surface area contributed by atoms with Crippen LogP contribution < -0.4 is 10.9 Å². The van der Waals surface area contributed by atoms with E-state index in [1.165, 1.54) is 4.88 Å². The first kappa shape index (κ1) is 15.8. The van der Waals surface area contributed by atoms with Gasteiger partial charge in [-0.2, -0.15) is 0 Å². The SMILES string of the molecule is CCCC(Nc1nccn(C(C)(C)C)c1=O)c1cccs1. The average Bonchev–Trinajstić information content (AvgIpc) is 2.93. The zero-order chi connectivity index (χ0) is 15.5. The van der Waals surface area contributed by atoms with Gasteiger partial charge in [0.25, 0.3) is 5.56 Å². The molecule has 1 atom stereocenters. The van der Waals surface area contributed by atoms with E-state index >= 15 is 0 Å². The maximum absolute atomic E-state index is 12.6. The zero-order valence-corrected chi connectivity index (χ0v) is 13.9. The van der Waals surface area contributed by atoms with E-state index in [0.29, 0.717) is 5.82 Å². The first-order valence-electron chi connectivity index (χ1n) is 7.31. The van der Waals surface area contributed by atoms with Gasteiger partial charge in [0, 0.05) is 22.8 Å². The minimum absolute atomic E-state index is 0.0670. The molecule has 0 spiro atoms. The van der Waals surface area contributed by atoms with Gasteiger partial charge in [-0.15, -0.1) is 11.3 Å². The molecule has 0 aliphatic heterocycles. The van der Waals surface area contributed by atoms with E-state index in [2.05, 4.69) is 28.7 Å². The Morgan fingerprint density at radius 2 is 2.19 bits per heavy atom. The molecule has 0 saturated carbocycles. The first-order chi connectivity index (χ1) is 9.93. The summed E-state index contributed by atoms with van der Waals surface area (Å²) in [5, 5.41) is 5.39. The van der Waals surface area contributed by atoms with Crippen molar-refractivity contribution in [3.8, 4) is 0 Å². The number of rotatable bonds is 5. The molecule has 0 aromatic carbocycles. The van der Waals surface area contributed by atoms with Crippen LogP contribution in [-0.4, -0.2) is 9.55 Å². The summed E-state index contributed by atoms with van der Waals surface area (Å²) in [5.74, 6) is 0.430. The van der Waals surface area contributed by atoms with E-state index < -0.39 is 0 Å². The fraction of sp³-hybridized carbons (Fsp3) is 0.500. The maximum Gasteiger partial charge on any atom is 0.293 e. The summed E-state index contributed by atoms with van der Waals surface area (Å²) in [6, 6.07) is 4.28. The molecule has 1 N–H and O–H groups in total. The molecule has 114 valence electrons. The van der Waals surface area contributed by atoms with Crippen LogP contribution in [0.15, 0.2) is 34.7 Å². The molecule has 2 rings (SSSR count). The molecule has 0 bridgehead atoms. The largest absolute Gasteiger partial charge is 0.358 e. The van der Waals surface area contributed by atoms with Crippen molar-refractivity contribution in [2.24, 2.45) is 0 Å². The summed E-state index contributed by atoms with van der Waals surface area (Å²) < 4.78 is 1.72. The van der Waals surface area contributed by atoms with Gasteiger partial charge in [-0.3, -0.25) is 4.79 Å². The number of nitrogens with one attached hydrogen (secondary N) is 1. The van der Waals surface area contributed by atoms with Gasteiger partial charge in [-0.05, 0) is 38.6 Å². The predicted molar refractivity (Wildman–Crippen MR) is 89.1 cm³/mol. The van der Waals surface area contributed by atoms with Crippen molar-refractivity contribution in [2.75, 3.05) is 5.32 Å². The van der Waals surface area contributed by atoms with Gasteiger partial charge in [-0.1, -0.05) is 19.4 Å². The third-order valence-corrected chi connectivity index (χ3v) is 4.32. The van der Waals surface area contributed by atoms with Crippen LogP contribution in [0, 0.1) is 0 Å². The van der Waals surface area contributed by atoms with Crippen LogP contribution in [0.3, 0.4) is 0 Å². The maximum atomic E-state index is 12.6. The lowest BCUT2D eigenvalue weighted by molar-refractivity contribution is 0.383. The number of thiophene rings is 1. The van der Waals surface area contributed by atoms with Gasteiger partial charge in [-0.25, -0.2) is 4.98 Å². The van der Waals surface area contributed by atoms with Gasteiger partial charge in [0.1, 0.15) is 0 Å². The lowest BCUT2D eigenvalue weighted by Crippen LogP contribution is -2.35. The number of nitrogens with zero attached hydrogens (tertiary/aromatic N) is 2. The van der Waals surface area contributed by atoms with Crippen molar-refractivity contribution in [2.45, 2.75) is 52.1 Å². The third kappa shape index (κ3) is 3.73. The summed E-state index contributed by atoms with van der Waals surface area (Å²) in [4.78, 5) is 18.1. The summed E-state index contributed by atoms with van der Waals surface area (Å²) in [7, 11) is 0. The Labute approximate surface area is 129 Å². The smallest absolute Gasteiger partial charge is 0.293 e. The lowest BCUT2D eigenvalue weighted by Gasteiger charge is -2.23. The van der Waals surface area contributed by atoms with E-state index in [1.54, 1.807) is 28.3 Å². The van der Waals surface area contributed by atoms with E-state index in [1.807, 2.05) is 26.8 Å². The molecule has 2 heterocycles. The summed E-state index contributed by atoms with van der Waals surface area (Å²) in [6.45, 7) is 8.19. The van der Waals surface area contributed by atoms with Gasteiger partial charge in [0.15, 0.2) is 5.82 Å². The zero-order valence-electron chi connectivity index (χ0n) is 13.1. The number of hydrogen-bond acceptors (Lipinski definition) is 4. The Morgan fingerprint density at radius 1 is 1.43 bits per heavy atom. The van der Waals surface area contributed by atoms with Crippen LogP contribution in [0.4, 0.5) is 5.82 Å². The van der Waals surface area contributed by atoms with Crippen LogP contribution in [-0.2, 0) is 5.54 Å². The molecule has 5 heteroatoms. The standard InChI is InChI=1S/C16H23N3OS/c1-5-7-12(13-8-6-11-21-13)18-14-15(20)19(10-9-17-14)16(2,3)4/h6,8-12H,5,7H2,1-4H3,(H,17,18). The summed E-state index contributed by atoms with van der Waals surface area (Å²) in [5.41, 5.74) is -0.317. The van der Waals surface area contributed by atoms with E-state index in [-0.39, 0.29) is 17.1 Å². The van der Waals surface area contributed by atoms with Crippen molar-refractivity contribution in [3.05, 3.63) is 45.1 Å². The molecule has 0 amide bonds. The molecule has 21 heavy (non-hydrogen) atoms. The minimum atomic E-state index is -0.250. The number of anilines is 1. The van der Waals surface area contributed by atoms with Crippen molar-refractivity contribution < 1.29 is 0 Å². The minimum Gasteiger partial charge on any atom is -0.358 e. The molecule has 2 aromatic heterocycles. The molecule has 0 aliphatic carbocycles. The highest BCUT2D eigenvalue weighted by Gasteiger charge is 2.19. The predicted octanol–water partition coefficient (Wildman–Crippen LogP) is 4.01. The van der Waals surface area contributed by atoms with E-state index in [4.69, 9.17) is 0 Å². The molecule has 4 nitrogen and oxygen atoms in total. The quantitative estimate of drug-likeness (QED) is 0.907. The molecular weight excluding hydrogens is 282 g/mol. The summed E-state index contributed by atoms with van der Waals surface area (Å²) in [6.07, 6.45) is 5.46. The van der Waals surface area contributed by atoms with Crippen LogP contribution >= 0.6 is 11.3 Å². The highest BCUT2D eigenvalue weighted by atomic mass is 32.1. The summed E-state index contributed by atoms with van der Waals surface area (Å²) >= 11 is 1.71. The monoisotopic (exact) mass is 305 g/mol. The number of hydrogen-bond donors (Lipinski definition) is 1. The molecule has 0 fully saturated rings. The van der Waals surface area contributed by atoms with Crippen molar-refractivity contribution in [1.82, 2.24) is 9.55 Å². The second kappa shape index (κ2) is 6.43. The van der Waals surface area contributed by atoms with Crippen molar-refractivity contribution in [1.29, 1.82) is 0 Å². The van der Waals surface area contributed by atoms with Gasteiger partial charge >= 0.3 is 0 Å². The topological polar surface area (TPSA) is 46.9 Å². The van der Waals surface area contributed by atoms with E-state index in [0.717, 1.165) is 12.8 Å². The first-order valence-corrected chi connectivity index (χ1v) is 8.19. The Balaban J connectivity index is 2.32. The fourth-order valence-electron chi connectivity index (χ4n) is 2.27. The molecule has 0 radical (unpaired) electrons. The van der Waals surface area contributed by atoms with Gasteiger partial charge < -0.3 is 9.88 Å². The molecule has 0 aliphatic rings. The molecule has 0 saturated heterocycles. The van der Waals surface area contributed by atoms with Crippen LogP contribution in [0.1, 0.15) is 51.5 Å². The highest BCUT2D eigenvalue weighted by Crippen LogP contribution is 2.26. The molecule has 2 aromatic rings. The fourth-order valence-corrected chi connectivity index (χ4v) is 3.08. The third-order valence-electron chi connectivity index (χ3n) is 3.34. The Kier molecular flexibility index (Phi) is 4.83. The van der Waals surface area contributed by atoms with Crippen molar-refractivity contribution >= 4 is 17.2 Å². The normalized spacial score (nSPS) is 13.1. The second-order valence-electron chi connectivity index (χ2n) is 6.12. The Bertz CT molecular complexity index is 626. The highest BCUT2D eigenvalue weighted by molar-refractivity contribution is 7.10. The van der Waals surface area contributed by atoms with Crippen LogP contribution in [0.5, 0.6) is 0 Å². The second-order valence-corrected chi connectivity index (χ2v) is 7.10. The number of aromatic nitrogens is 2. The Hall–Kier alpha value is -1.62.